The molecule has 132 valence electrons. The van der Waals surface area contributed by atoms with Gasteiger partial charge in [-0.1, -0.05) is 17.7 Å². The van der Waals surface area contributed by atoms with Crippen LogP contribution < -0.4 is 21.3 Å². The van der Waals surface area contributed by atoms with Gasteiger partial charge in [0.2, 0.25) is 0 Å². The number of hydrogen-bond acceptors (Lipinski definition) is 5. The van der Waals surface area contributed by atoms with E-state index in [4.69, 9.17) is 10.8 Å². The average Bonchev–Trinajstić information content (AvgIpc) is 2.58. The van der Waals surface area contributed by atoms with Gasteiger partial charge in [-0.2, -0.15) is 0 Å². The van der Waals surface area contributed by atoms with Crippen LogP contribution in [0.15, 0.2) is 36.5 Å². The SMILES string of the molecule is Cc1ccc(Nc2nccc(N3CCCC(NC(=O)O)C3)c2N)cc1. The molecule has 3 rings (SSSR count). The summed E-state index contributed by atoms with van der Waals surface area (Å²) in [4.78, 5) is 17.3. The number of nitrogens with zero attached hydrogens (tertiary/aromatic N) is 2. The number of nitrogen functional groups attached to an aromatic ring is 1. The molecule has 25 heavy (non-hydrogen) atoms. The van der Waals surface area contributed by atoms with Crippen LogP contribution in [-0.2, 0) is 0 Å². The Morgan fingerprint density at radius 2 is 2.08 bits per heavy atom. The minimum absolute atomic E-state index is 0.0904. The van der Waals surface area contributed by atoms with Crippen molar-refractivity contribution in [1.29, 1.82) is 0 Å². The summed E-state index contributed by atoms with van der Waals surface area (Å²) in [6.45, 7) is 3.48. The summed E-state index contributed by atoms with van der Waals surface area (Å²) in [6.07, 6.45) is 2.47. The van der Waals surface area contributed by atoms with Crippen molar-refractivity contribution >= 4 is 29.0 Å². The highest BCUT2D eigenvalue weighted by atomic mass is 16.4. The third-order valence-corrected chi connectivity index (χ3v) is 4.37. The number of amides is 1. The van der Waals surface area contributed by atoms with Crippen LogP contribution in [0, 0.1) is 6.92 Å². The van der Waals surface area contributed by atoms with Crippen LogP contribution >= 0.6 is 0 Å². The number of pyridine rings is 1. The molecule has 0 spiro atoms. The van der Waals surface area contributed by atoms with Gasteiger partial charge in [-0.3, -0.25) is 0 Å². The fourth-order valence-electron chi connectivity index (χ4n) is 3.10. The van der Waals surface area contributed by atoms with Crippen LogP contribution in [-0.4, -0.2) is 35.3 Å². The Hall–Kier alpha value is -2.96. The van der Waals surface area contributed by atoms with Gasteiger partial charge in [-0.15, -0.1) is 0 Å². The number of piperidine rings is 1. The van der Waals surface area contributed by atoms with Gasteiger partial charge in [0.25, 0.3) is 0 Å². The second-order valence-corrected chi connectivity index (χ2v) is 6.32. The molecule has 7 heteroatoms. The molecule has 2 heterocycles. The Kier molecular flexibility index (Phi) is 4.92. The highest BCUT2D eigenvalue weighted by Crippen LogP contribution is 2.32. The predicted molar refractivity (Wildman–Crippen MR) is 99.5 cm³/mol. The molecular weight excluding hydrogens is 318 g/mol. The quantitative estimate of drug-likeness (QED) is 0.682. The van der Waals surface area contributed by atoms with E-state index in [0.717, 1.165) is 30.8 Å². The highest BCUT2D eigenvalue weighted by molar-refractivity contribution is 5.81. The fourth-order valence-corrected chi connectivity index (χ4v) is 3.10. The third-order valence-electron chi connectivity index (χ3n) is 4.37. The smallest absolute Gasteiger partial charge is 0.404 e. The summed E-state index contributed by atoms with van der Waals surface area (Å²) >= 11 is 0. The molecule has 1 aromatic heterocycles. The molecule has 1 unspecified atom stereocenters. The number of benzene rings is 1. The lowest BCUT2D eigenvalue weighted by atomic mass is 10.0. The van der Waals surface area contributed by atoms with E-state index in [1.54, 1.807) is 6.20 Å². The summed E-state index contributed by atoms with van der Waals surface area (Å²) in [6, 6.07) is 9.80. The van der Waals surface area contributed by atoms with Crippen LogP contribution in [0.25, 0.3) is 0 Å². The summed E-state index contributed by atoms with van der Waals surface area (Å²) in [5.41, 5.74) is 9.89. The van der Waals surface area contributed by atoms with E-state index >= 15 is 0 Å². The first-order chi connectivity index (χ1) is 12.0. The van der Waals surface area contributed by atoms with Gasteiger partial charge in [-0.05, 0) is 38.0 Å². The lowest BCUT2D eigenvalue weighted by molar-refractivity contribution is 0.188. The normalized spacial score (nSPS) is 17.2. The van der Waals surface area contributed by atoms with Crippen LogP contribution in [0.1, 0.15) is 18.4 Å². The van der Waals surface area contributed by atoms with Crippen LogP contribution in [0.5, 0.6) is 0 Å². The fraction of sp³-hybridized carbons (Fsp3) is 0.333. The van der Waals surface area contributed by atoms with Crippen molar-refractivity contribution in [3.63, 3.8) is 0 Å². The Morgan fingerprint density at radius 1 is 1.32 bits per heavy atom. The van der Waals surface area contributed by atoms with Crippen molar-refractivity contribution < 1.29 is 9.90 Å². The van der Waals surface area contributed by atoms with Gasteiger partial charge in [0.1, 0.15) is 0 Å². The zero-order valence-electron chi connectivity index (χ0n) is 14.2. The molecular formula is C18H23N5O2. The van der Waals surface area contributed by atoms with Crippen molar-refractivity contribution in [2.24, 2.45) is 0 Å². The molecule has 1 fully saturated rings. The van der Waals surface area contributed by atoms with Gasteiger partial charge < -0.3 is 26.4 Å². The molecule has 0 bridgehead atoms. The van der Waals surface area contributed by atoms with Gasteiger partial charge in [0.15, 0.2) is 5.82 Å². The van der Waals surface area contributed by atoms with Crippen LogP contribution in [0.2, 0.25) is 0 Å². The maximum atomic E-state index is 10.9. The number of nitrogens with one attached hydrogen (secondary N) is 2. The first-order valence-electron chi connectivity index (χ1n) is 8.35. The number of aryl methyl sites for hydroxylation is 1. The molecule has 0 saturated carbocycles. The Bertz CT molecular complexity index is 748. The molecule has 0 aliphatic carbocycles. The monoisotopic (exact) mass is 341 g/mol. The zero-order chi connectivity index (χ0) is 17.8. The lowest BCUT2D eigenvalue weighted by Gasteiger charge is -2.35. The molecule has 0 radical (unpaired) electrons. The summed E-state index contributed by atoms with van der Waals surface area (Å²) < 4.78 is 0. The lowest BCUT2D eigenvalue weighted by Crippen LogP contribution is -2.47. The Morgan fingerprint density at radius 3 is 2.80 bits per heavy atom. The number of nitrogens with two attached hydrogens (primary N) is 1. The molecule has 1 aromatic carbocycles. The number of anilines is 4. The van der Waals surface area contributed by atoms with Crippen molar-refractivity contribution in [3.8, 4) is 0 Å². The second kappa shape index (κ2) is 7.29. The van der Waals surface area contributed by atoms with Crippen molar-refractivity contribution in [2.75, 3.05) is 29.0 Å². The van der Waals surface area contributed by atoms with E-state index < -0.39 is 6.09 Å². The Balaban J connectivity index is 1.78. The van der Waals surface area contributed by atoms with Gasteiger partial charge in [0.05, 0.1) is 11.4 Å². The van der Waals surface area contributed by atoms with Crippen LogP contribution in [0.4, 0.5) is 27.7 Å². The first kappa shape index (κ1) is 16.9. The molecule has 1 atom stereocenters. The van der Waals surface area contributed by atoms with Crippen LogP contribution in [0.3, 0.4) is 0 Å². The minimum Gasteiger partial charge on any atom is -0.465 e. The topological polar surface area (TPSA) is 104 Å². The molecule has 5 N–H and O–H groups in total. The summed E-state index contributed by atoms with van der Waals surface area (Å²) in [7, 11) is 0. The van der Waals surface area contributed by atoms with E-state index in [2.05, 4.69) is 20.5 Å². The van der Waals surface area contributed by atoms with Crippen molar-refractivity contribution in [2.45, 2.75) is 25.8 Å². The average molecular weight is 341 g/mol. The summed E-state index contributed by atoms with van der Waals surface area (Å²) in [5.74, 6) is 0.606. The predicted octanol–water partition coefficient (Wildman–Crippen LogP) is 2.95. The standard InChI is InChI=1S/C18H23N5O2/c1-12-4-6-13(7-5-12)21-17-16(19)15(8-9-20-17)23-10-2-3-14(11-23)22-18(24)25/h4-9,14,22H,2-3,10-11,19H2,1H3,(H,20,21)(H,24,25). The number of aromatic nitrogens is 1. The molecule has 1 aliphatic rings. The molecule has 7 nitrogen and oxygen atoms in total. The molecule has 1 saturated heterocycles. The van der Waals surface area contributed by atoms with Crippen molar-refractivity contribution in [3.05, 3.63) is 42.1 Å². The number of carboxylic acid groups (broad SMARTS) is 1. The van der Waals surface area contributed by atoms with Gasteiger partial charge in [0, 0.05) is 31.0 Å². The van der Waals surface area contributed by atoms with Gasteiger partial charge >= 0.3 is 6.09 Å². The molecule has 2 aromatic rings. The first-order valence-corrected chi connectivity index (χ1v) is 8.35. The number of rotatable bonds is 4. The second-order valence-electron chi connectivity index (χ2n) is 6.32. The Labute approximate surface area is 146 Å². The van der Waals surface area contributed by atoms with E-state index in [1.165, 1.54) is 5.56 Å². The highest BCUT2D eigenvalue weighted by Gasteiger charge is 2.23. The van der Waals surface area contributed by atoms with Gasteiger partial charge in [-0.25, -0.2) is 9.78 Å². The number of hydrogen-bond donors (Lipinski definition) is 4. The minimum atomic E-state index is -0.990. The molecule has 1 amide bonds. The van der Waals surface area contributed by atoms with E-state index in [9.17, 15) is 4.79 Å². The zero-order valence-corrected chi connectivity index (χ0v) is 14.2. The number of carbonyl (C=O) groups is 1. The maximum absolute atomic E-state index is 10.9. The van der Waals surface area contributed by atoms with Crippen molar-refractivity contribution in [1.82, 2.24) is 10.3 Å². The maximum Gasteiger partial charge on any atom is 0.404 e. The largest absolute Gasteiger partial charge is 0.465 e. The van der Waals surface area contributed by atoms with E-state index in [-0.39, 0.29) is 6.04 Å². The summed E-state index contributed by atoms with van der Waals surface area (Å²) in [5, 5.41) is 14.7. The van der Waals surface area contributed by atoms with E-state index in [0.29, 0.717) is 18.1 Å². The molecule has 1 aliphatic heterocycles. The van der Waals surface area contributed by atoms with E-state index in [1.807, 2.05) is 37.3 Å². The third kappa shape index (κ3) is 4.12.